The summed E-state index contributed by atoms with van der Waals surface area (Å²) in [6, 6.07) is 0.501. The van der Waals surface area contributed by atoms with Crippen molar-refractivity contribution in [3.63, 3.8) is 0 Å². The molecule has 0 fully saturated rings. The quantitative estimate of drug-likeness (QED) is 0.521. The van der Waals surface area contributed by atoms with Crippen LogP contribution in [0.25, 0.3) is 0 Å². The van der Waals surface area contributed by atoms with Gasteiger partial charge in [-0.05, 0) is 5.92 Å². The molecule has 0 unspecified atom stereocenters. The van der Waals surface area contributed by atoms with E-state index in [1.807, 2.05) is 10.9 Å². The fraction of sp³-hybridized carbons (Fsp3) is 0.875. The number of aromatic nitrogens is 3. The summed E-state index contributed by atoms with van der Waals surface area (Å²) in [6.07, 6.45) is 1.97. The van der Waals surface area contributed by atoms with Crippen LogP contribution in [0.15, 0.2) is 6.20 Å². The third-order valence-electron chi connectivity index (χ3n) is 3.16. The second-order valence-electron chi connectivity index (χ2n) is 6.01. The molecule has 0 spiro atoms. The first-order chi connectivity index (χ1) is 11.1. The zero-order chi connectivity index (χ0) is 16.9. The minimum atomic E-state index is 0.404. The second kappa shape index (κ2) is 12.4. The summed E-state index contributed by atoms with van der Waals surface area (Å²) in [5.41, 5.74) is 1.01. The predicted octanol–water partition coefficient (Wildman–Crippen LogP) is 1.45. The maximum absolute atomic E-state index is 5.51. The maximum atomic E-state index is 5.51. The Morgan fingerprint density at radius 1 is 0.957 bits per heavy atom. The average Bonchev–Trinajstić information content (AvgIpc) is 2.97. The van der Waals surface area contributed by atoms with Crippen LogP contribution >= 0.6 is 0 Å². The molecule has 0 aliphatic heterocycles. The lowest BCUT2D eigenvalue weighted by Crippen LogP contribution is -2.27. The van der Waals surface area contributed by atoms with E-state index in [0.717, 1.165) is 12.2 Å². The summed E-state index contributed by atoms with van der Waals surface area (Å²) in [7, 11) is 0. The van der Waals surface area contributed by atoms with Crippen LogP contribution in [0.2, 0.25) is 0 Å². The highest BCUT2D eigenvalue weighted by molar-refractivity contribution is 4.97. The summed E-state index contributed by atoms with van der Waals surface area (Å²) in [5.74, 6) is 0.404. The predicted molar refractivity (Wildman–Crippen MR) is 89.7 cm³/mol. The van der Waals surface area contributed by atoms with Gasteiger partial charge in [0.15, 0.2) is 0 Å². The van der Waals surface area contributed by atoms with Crippen molar-refractivity contribution in [2.45, 2.75) is 46.2 Å². The monoisotopic (exact) mass is 328 g/mol. The largest absolute Gasteiger partial charge is 0.378 e. The minimum absolute atomic E-state index is 0.404. The van der Waals surface area contributed by atoms with Gasteiger partial charge >= 0.3 is 0 Å². The Morgan fingerprint density at radius 2 is 1.57 bits per heavy atom. The van der Waals surface area contributed by atoms with Crippen LogP contribution in [0.1, 0.15) is 39.3 Å². The summed E-state index contributed by atoms with van der Waals surface area (Å²) in [5, 5.41) is 11.5. The van der Waals surface area contributed by atoms with Gasteiger partial charge in [0.2, 0.25) is 0 Å². The molecule has 0 aliphatic carbocycles. The van der Waals surface area contributed by atoms with Crippen molar-refractivity contribution in [2.24, 2.45) is 0 Å². The van der Waals surface area contributed by atoms with Gasteiger partial charge in [-0.15, -0.1) is 5.10 Å². The molecule has 0 radical (unpaired) electrons. The number of nitrogens with zero attached hydrogens (tertiary/aromatic N) is 3. The van der Waals surface area contributed by atoms with Crippen LogP contribution in [-0.4, -0.2) is 67.2 Å². The number of hydrogen-bond donors (Lipinski definition) is 1. The van der Waals surface area contributed by atoms with Crippen molar-refractivity contribution in [1.82, 2.24) is 20.3 Å². The van der Waals surface area contributed by atoms with E-state index in [4.69, 9.17) is 14.2 Å². The zero-order valence-corrected chi connectivity index (χ0v) is 15.0. The Morgan fingerprint density at radius 3 is 2.13 bits per heavy atom. The molecule has 7 heteroatoms. The number of ether oxygens (including phenoxy) is 3. The van der Waals surface area contributed by atoms with Gasteiger partial charge in [-0.3, -0.25) is 0 Å². The summed E-state index contributed by atoms with van der Waals surface area (Å²) in [6.45, 7) is 13.8. The standard InChI is InChI=1S/C16H32N4O3/c1-14(2)16-13-20(19-18-16)6-8-22-10-12-23-11-9-21-7-5-17-15(3)4/h13-15,17H,5-12H2,1-4H3. The van der Waals surface area contributed by atoms with Gasteiger partial charge in [-0.25, -0.2) is 4.68 Å². The first-order valence-corrected chi connectivity index (χ1v) is 8.46. The van der Waals surface area contributed by atoms with Crippen LogP contribution < -0.4 is 5.32 Å². The second-order valence-corrected chi connectivity index (χ2v) is 6.01. The van der Waals surface area contributed by atoms with E-state index in [-0.39, 0.29) is 0 Å². The third-order valence-corrected chi connectivity index (χ3v) is 3.16. The molecule has 0 saturated carbocycles. The van der Waals surface area contributed by atoms with E-state index in [1.54, 1.807) is 0 Å². The first-order valence-electron chi connectivity index (χ1n) is 8.46. The average molecular weight is 328 g/mol. The van der Waals surface area contributed by atoms with Crippen LogP contribution in [0.4, 0.5) is 0 Å². The smallest absolute Gasteiger partial charge is 0.0852 e. The van der Waals surface area contributed by atoms with E-state index >= 15 is 0 Å². The molecule has 0 atom stereocenters. The van der Waals surface area contributed by atoms with Crippen molar-refractivity contribution < 1.29 is 14.2 Å². The fourth-order valence-electron chi connectivity index (χ4n) is 1.81. The Hall–Kier alpha value is -1.02. The van der Waals surface area contributed by atoms with Crippen molar-refractivity contribution in [1.29, 1.82) is 0 Å². The van der Waals surface area contributed by atoms with Crippen molar-refractivity contribution in [3.05, 3.63) is 11.9 Å². The van der Waals surface area contributed by atoms with Gasteiger partial charge in [0.1, 0.15) is 0 Å². The SMILES string of the molecule is CC(C)NCCOCCOCCOCCn1cc(C(C)C)nn1. The summed E-state index contributed by atoms with van der Waals surface area (Å²) in [4.78, 5) is 0. The van der Waals surface area contributed by atoms with Gasteiger partial charge in [0.25, 0.3) is 0 Å². The van der Waals surface area contributed by atoms with Gasteiger partial charge < -0.3 is 19.5 Å². The number of rotatable bonds is 14. The highest BCUT2D eigenvalue weighted by atomic mass is 16.5. The van der Waals surface area contributed by atoms with E-state index in [0.29, 0.717) is 58.1 Å². The molecule has 0 bridgehead atoms. The van der Waals surface area contributed by atoms with Gasteiger partial charge in [0.05, 0.1) is 51.9 Å². The molecule has 0 amide bonds. The fourth-order valence-corrected chi connectivity index (χ4v) is 1.81. The van der Waals surface area contributed by atoms with Gasteiger partial charge in [0, 0.05) is 18.8 Å². The maximum Gasteiger partial charge on any atom is 0.0852 e. The van der Waals surface area contributed by atoms with E-state index in [2.05, 4.69) is 43.3 Å². The Bertz CT molecular complexity index is 396. The van der Waals surface area contributed by atoms with Gasteiger partial charge in [-0.2, -0.15) is 0 Å². The molecule has 1 aromatic heterocycles. The molecule has 134 valence electrons. The lowest BCUT2D eigenvalue weighted by atomic mass is 10.2. The minimum Gasteiger partial charge on any atom is -0.378 e. The lowest BCUT2D eigenvalue weighted by molar-refractivity contribution is 0.0131. The molecular formula is C16H32N4O3. The van der Waals surface area contributed by atoms with E-state index in [9.17, 15) is 0 Å². The number of hydrogen-bond acceptors (Lipinski definition) is 6. The molecule has 0 saturated heterocycles. The van der Waals surface area contributed by atoms with E-state index < -0.39 is 0 Å². The molecule has 0 aromatic carbocycles. The highest BCUT2D eigenvalue weighted by Gasteiger charge is 2.04. The molecular weight excluding hydrogens is 296 g/mol. The summed E-state index contributed by atoms with van der Waals surface area (Å²) >= 11 is 0. The molecule has 7 nitrogen and oxygen atoms in total. The van der Waals surface area contributed by atoms with Crippen LogP contribution in [0, 0.1) is 0 Å². The lowest BCUT2D eigenvalue weighted by Gasteiger charge is -2.09. The molecule has 0 aliphatic rings. The molecule has 1 aromatic rings. The van der Waals surface area contributed by atoms with Crippen LogP contribution in [-0.2, 0) is 20.8 Å². The molecule has 1 N–H and O–H groups in total. The van der Waals surface area contributed by atoms with Crippen molar-refractivity contribution in [3.8, 4) is 0 Å². The highest BCUT2D eigenvalue weighted by Crippen LogP contribution is 2.08. The summed E-state index contributed by atoms with van der Waals surface area (Å²) < 4.78 is 18.2. The van der Waals surface area contributed by atoms with Crippen LogP contribution in [0.5, 0.6) is 0 Å². The number of nitrogens with one attached hydrogen (secondary N) is 1. The topological polar surface area (TPSA) is 70.4 Å². The Labute approximate surface area is 139 Å². The first kappa shape index (κ1) is 20.0. The Balaban J connectivity index is 1.84. The van der Waals surface area contributed by atoms with Gasteiger partial charge in [-0.1, -0.05) is 32.9 Å². The van der Waals surface area contributed by atoms with E-state index in [1.165, 1.54) is 0 Å². The van der Waals surface area contributed by atoms with Crippen molar-refractivity contribution >= 4 is 0 Å². The molecule has 1 heterocycles. The molecule has 1 rings (SSSR count). The Kier molecular flexibility index (Phi) is 10.8. The van der Waals surface area contributed by atoms with Crippen molar-refractivity contribution in [2.75, 3.05) is 46.2 Å². The molecule has 23 heavy (non-hydrogen) atoms. The van der Waals surface area contributed by atoms with Crippen LogP contribution in [0.3, 0.4) is 0 Å². The third kappa shape index (κ3) is 10.4. The zero-order valence-electron chi connectivity index (χ0n) is 15.0. The normalized spacial score (nSPS) is 11.7.